The highest BCUT2D eigenvalue weighted by molar-refractivity contribution is 9.11. The van der Waals surface area contributed by atoms with E-state index in [1.807, 2.05) is 12.1 Å². The van der Waals surface area contributed by atoms with Crippen LogP contribution in [0.25, 0.3) is 0 Å². The second-order valence-corrected chi connectivity index (χ2v) is 13.2. The zero-order valence-electron chi connectivity index (χ0n) is 19.1. The van der Waals surface area contributed by atoms with Gasteiger partial charge >= 0.3 is 12.1 Å². The molecule has 36 heavy (non-hydrogen) atoms. The van der Waals surface area contributed by atoms with E-state index in [4.69, 9.17) is 9.90 Å². The summed E-state index contributed by atoms with van der Waals surface area (Å²) in [6.07, 6.45) is 2.88. The third-order valence-electron chi connectivity index (χ3n) is 6.21. The zero-order valence-corrected chi connectivity index (χ0v) is 22.3. The summed E-state index contributed by atoms with van der Waals surface area (Å²) in [5.74, 6) is -2.04. The van der Waals surface area contributed by atoms with Crippen LogP contribution in [0.1, 0.15) is 50.5 Å². The molecule has 1 aromatic carbocycles. The van der Waals surface area contributed by atoms with E-state index in [-0.39, 0.29) is 10.1 Å². The first-order chi connectivity index (χ1) is 16.8. The van der Waals surface area contributed by atoms with Crippen molar-refractivity contribution < 1.29 is 36.3 Å². The number of carbonyl (C=O) groups excluding carboxylic acids is 1. The Morgan fingerprint density at radius 3 is 2.11 bits per heavy atom. The van der Waals surface area contributed by atoms with Crippen molar-refractivity contribution in [1.82, 2.24) is 5.32 Å². The minimum Gasteiger partial charge on any atom is -0.475 e. The number of aliphatic carboxylic acids is 1. The van der Waals surface area contributed by atoms with E-state index in [1.54, 1.807) is 24.3 Å². The number of carboxylic acids is 1. The third-order valence-corrected chi connectivity index (χ3v) is 9.70. The second kappa shape index (κ2) is 11.5. The number of nitrogens with one attached hydrogen (secondary N) is 2. The molecule has 198 valence electrons. The van der Waals surface area contributed by atoms with Crippen LogP contribution in [-0.4, -0.2) is 38.1 Å². The smallest absolute Gasteiger partial charge is 0.475 e. The van der Waals surface area contributed by atoms with Gasteiger partial charge in [-0.2, -0.15) is 13.2 Å². The molecule has 3 N–H and O–H groups in total. The average Bonchev–Trinajstić information content (AvgIpc) is 3.51. The van der Waals surface area contributed by atoms with Crippen LogP contribution >= 0.6 is 27.3 Å². The van der Waals surface area contributed by atoms with Crippen molar-refractivity contribution in [2.75, 3.05) is 11.3 Å². The number of carbonyl (C=O) groups is 2. The number of hydrogen-bond donors (Lipinski definition) is 3. The number of anilines is 1. The fraction of sp³-hybridized carbons (Fsp3) is 0.478. The van der Waals surface area contributed by atoms with Crippen LogP contribution in [0.15, 0.2) is 44.4 Å². The van der Waals surface area contributed by atoms with Crippen LogP contribution in [0.2, 0.25) is 0 Å². The Labute approximate surface area is 219 Å². The van der Waals surface area contributed by atoms with Gasteiger partial charge in [-0.25, -0.2) is 13.2 Å². The van der Waals surface area contributed by atoms with Crippen molar-refractivity contribution >= 4 is 54.9 Å². The lowest BCUT2D eigenvalue weighted by Gasteiger charge is -2.23. The maximum atomic E-state index is 12.8. The Kier molecular flexibility index (Phi) is 9.10. The molecule has 1 amide bonds. The van der Waals surface area contributed by atoms with Crippen LogP contribution in [0.3, 0.4) is 0 Å². The van der Waals surface area contributed by atoms with E-state index < -0.39 is 27.6 Å². The topological polar surface area (TPSA) is 113 Å². The first-order valence-electron chi connectivity index (χ1n) is 11.3. The lowest BCUT2D eigenvalue weighted by atomic mass is 9.88. The molecule has 2 fully saturated rings. The Bertz CT molecular complexity index is 1170. The molecule has 7 nitrogen and oxygen atoms in total. The van der Waals surface area contributed by atoms with Gasteiger partial charge in [-0.3, -0.25) is 9.52 Å². The number of benzene rings is 1. The maximum Gasteiger partial charge on any atom is 0.490 e. The van der Waals surface area contributed by atoms with Gasteiger partial charge in [0.2, 0.25) is 5.91 Å². The van der Waals surface area contributed by atoms with E-state index in [0.717, 1.165) is 28.7 Å². The molecule has 1 heterocycles. The van der Waals surface area contributed by atoms with Gasteiger partial charge in [-0.05, 0) is 77.4 Å². The molecule has 0 bridgehead atoms. The third kappa shape index (κ3) is 7.45. The van der Waals surface area contributed by atoms with Crippen LogP contribution in [0.4, 0.5) is 18.9 Å². The van der Waals surface area contributed by atoms with Crippen molar-refractivity contribution in [3.8, 4) is 0 Å². The van der Waals surface area contributed by atoms with Gasteiger partial charge < -0.3 is 10.4 Å². The molecule has 2 saturated carbocycles. The number of halogens is 4. The van der Waals surface area contributed by atoms with Gasteiger partial charge in [-0.1, -0.05) is 31.4 Å². The van der Waals surface area contributed by atoms with Crippen molar-refractivity contribution in [3.05, 3.63) is 45.7 Å². The SMILES string of the molecule is O=C(NCC1CCCCC1)C1(c2ccc(NS(=O)(=O)c3ccc(Br)s3)cc2)CC1.O=C(O)C(F)(F)F. The minimum absolute atomic E-state index is 0.111. The number of alkyl halides is 3. The first-order valence-corrected chi connectivity index (χ1v) is 14.4. The lowest BCUT2D eigenvalue weighted by molar-refractivity contribution is -0.192. The van der Waals surface area contributed by atoms with Crippen LogP contribution in [-0.2, 0) is 25.0 Å². The molecule has 13 heteroatoms. The number of amides is 1. The summed E-state index contributed by atoms with van der Waals surface area (Å²) in [5, 5.41) is 10.3. The number of sulfonamides is 1. The largest absolute Gasteiger partial charge is 0.490 e. The molecule has 0 spiro atoms. The summed E-state index contributed by atoms with van der Waals surface area (Å²) in [4.78, 5) is 21.7. The lowest BCUT2D eigenvalue weighted by Crippen LogP contribution is -2.38. The summed E-state index contributed by atoms with van der Waals surface area (Å²) < 4.78 is 60.3. The monoisotopic (exact) mass is 610 g/mol. The summed E-state index contributed by atoms with van der Waals surface area (Å²) in [5.41, 5.74) is 1.02. The number of thiophene rings is 1. The Balaban J connectivity index is 0.000000454. The molecule has 2 aromatic rings. The van der Waals surface area contributed by atoms with E-state index in [0.29, 0.717) is 11.6 Å². The average molecular weight is 612 g/mol. The van der Waals surface area contributed by atoms with Crippen LogP contribution in [0, 0.1) is 5.92 Å². The number of hydrogen-bond acceptors (Lipinski definition) is 5. The van der Waals surface area contributed by atoms with Gasteiger partial charge in [-0.15, -0.1) is 11.3 Å². The quantitative estimate of drug-likeness (QED) is 0.374. The molecule has 1 aromatic heterocycles. The summed E-state index contributed by atoms with van der Waals surface area (Å²) in [6, 6.07) is 10.5. The van der Waals surface area contributed by atoms with Crippen molar-refractivity contribution in [2.24, 2.45) is 5.92 Å². The molecule has 2 aliphatic rings. The Morgan fingerprint density at radius 1 is 1.06 bits per heavy atom. The fourth-order valence-electron chi connectivity index (χ4n) is 4.07. The van der Waals surface area contributed by atoms with E-state index in [9.17, 15) is 26.4 Å². The highest BCUT2D eigenvalue weighted by Crippen LogP contribution is 2.48. The molecule has 0 atom stereocenters. The number of rotatable bonds is 7. The molecule has 4 rings (SSSR count). The maximum absolute atomic E-state index is 12.8. The second-order valence-electron chi connectivity index (χ2n) is 8.84. The highest BCUT2D eigenvalue weighted by atomic mass is 79.9. The molecule has 0 unspecified atom stereocenters. The summed E-state index contributed by atoms with van der Waals surface area (Å²) >= 11 is 4.45. The minimum atomic E-state index is -5.08. The summed E-state index contributed by atoms with van der Waals surface area (Å²) in [7, 11) is -3.60. The molecular formula is C23H26BrF3N2O5S2. The predicted molar refractivity (Wildman–Crippen MR) is 133 cm³/mol. The van der Waals surface area contributed by atoms with Crippen molar-refractivity contribution in [3.63, 3.8) is 0 Å². The highest BCUT2D eigenvalue weighted by Gasteiger charge is 2.51. The van der Waals surface area contributed by atoms with Gasteiger partial charge in [0.1, 0.15) is 4.21 Å². The van der Waals surface area contributed by atoms with Gasteiger partial charge in [0.05, 0.1) is 9.20 Å². The normalized spacial score (nSPS) is 17.4. The van der Waals surface area contributed by atoms with E-state index >= 15 is 0 Å². The number of carboxylic acid groups (broad SMARTS) is 1. The van der Waals surface area contributed by atoms with Crippen LogP contribution in [0.5, 0.6) is 0 Å². The van der Waals surface area contributed by atoms with E-state index in [2.05, 4.69) is 26.0 Å². The summed E-state index contributed by atoms with van der Waals surface area (Å²) in [6.45, 7) is 0.773. The Morgan fingerprint density at radius 2 is 1.64 bits per heavy atom. The molecule has 0 aliphatic heterocycles. The van der Waals surface area contributed by atoms with Crippen molar-refractivity contribution in [2.45, 2.75) is 60.7 Å². The van der Waals surface area contributed by atoms with E-state index in [1.165, 1.54) is 43.4 Å². The zero-order chi connectivity index (χ0) is 26.6. The fourth-order valence-corrected chi connectivity index (χ4v) is 7.14. The molecule has 2 aliphatic carbocycles. The predicted octanol–water partition coefficient (Wildman–Crippen LogP) is 5.67. The van der Waals surface area contributed by atoms with Gasteiger partial charge in [0, 0.05) is 12.2 Å². The Hall–Kier alpha value is -2.12. The van der Waals surface area contributed by atoms with Gasteiger partial charge in [0.25, 0.3) is 10.0 Å². The first kappa shape index (κ1) is 28.5. The molecule has 0 radical (unpaired) electrons. The van der Waals surface area contributed by atoms with Crippen LogP contribution < -0.4 is 10.0 Å². The van der Waals surface area contributed by atoms with Gasteiger partial charge in [0.15, 0.2) is 0 Å². The molecular weight excluding hydrogens is 585 g/mol. The van der Waals surface area contributed by atoms with Crippen molar-refractivity contribution in [1.29, 1.82) is 0 Å². The standard InChI is InChI=1S/C21H25BrN2O3S2.C2HF3O2/c22-18-10-11-19(28-18)29(26,27)24-17-8-6-16(7-9-17)21(12-13-21)20(25)23-14-15-4-2-1-3-5-15;3-2(4,5)1(6)7/h6-11,15,24H,1-5,12-14H2,(H,23,25);(H,6,7). The molecule has 0 saturated heterocycles.